The summed E-state index contributed by atoms with van der Waals surface area (Å²) < 4.78 is 8.27. The Bertz CT molecular complexity index is 392. The standard InChI is InChI=1S/C12H19BrN2O2/c1-7(2)15-11(10(13)5-14-15)12(16)9-4-8(3)17-6-9/h5,7-9,12,16H,4,6H2,1-3H3. The van der Waals surface area contributed by atoms with E-state index in [0.717, 1.165) is 16.6 Å². The molecule has 1 fully saturated rings. The maximum absolute atomic E-state index is 10.5. The number of aromatic nitrogens is 2. The summed E-state index contributed by atoms with van der Waals surface area (Å²) in [6.45, 7) is 6.78. The second kappa shape index (κ2) is 5.08. The molecule has 4 nitrogen and oxygen atoms in total. The van der Waals surface area contributed by atoms with Crippen molar-refractivity contribution in [3.8, 4) is 0 Å². The fourth-order valence-electron chi connectivity index (χ4n) is 2.33. The molecule has 1 aromatic heterocycles. The lowest BCUT2D eigenvalue weighted by atomic mass is 9.97. The molecule has 0 amide bonds. The monoisotopic (exact) mass is 302 g/mol. The van der Waals surface area contributed by atoms with Gasteiger partial charge in [0.25, 0.3) is 0 Å². The van der Waals surface area contributed by atoms with E-state index in [0.29, 0.717) is 6.61 Å². The molecular weight excluding hydrogens is 284 g/mol. The third kappa shape index (κ3) is 2.56. The number of hydrogen-bond acceptors (Lipinski definition) is 3. The molecule has 1 aromatic rings. The van der Waals surface area contributed by atoms with Crippen LogP contribution in [-0.4, -0.2) is 27.6 Å². The van der Waals surface area contributed by atoms with Crippen molar-refractivity contribution in [1.29, 1.82) is 0 Å². The lowest BCUT2D eigenvalue weighted by Gasteiger charge is -2.20. The number of hydrogen-bond donors (Lipinski definition) is 1. The molecule has 0 saturated carbocycles. The van der Waals surface area contributed by atoms with Crippen molar-refractivity contribution in [1.82, 2.24) is 9.78 Å². The number of aliphatic hydroxyl groups is 1. The van der Waals surface area contributed by atoms with E-state index in [-0.39, 0.29) is 18.1 Å². The van der Waals surface area contributed by atoms with Gasteiger partial charge in [0.1, 0.15) is 6.10 Å². The van der Waals surface area contributed by atoms with Crippen LogP contribution in [0.1, 0.15) is 45.0 Å². The molecule has 0 bridgehead atoms. The van der Waals surface area contributed by atoms with Gasteiger partial charge in [-0.1, -0.05) is 0 Å². The zero-order valence-corrected chi connectivity index (χ0v) is 12.0. The Morgan fingerprint density at radius 2 is 2.29 bits per heavy atom. The minimum Gasteiger partial charge on any atom is -0.386 e. The van der Waals surface area contributed by atoms with Gasteiger partial charge in [-0.05, 0) is 43.1 Å². The highest BCUT2D eigenvalue weighted by atomic mass is 79.9. The van der Waals surface area contributed by atoms with Crippen molar-refractivity contribution in [3.05, 3.63) is 16.4 Å². The predicted octanol–water partition coefficient (Wildman–Crippen LogP) is 2.68. The van der Waals surface area contributed by atoms with Crippen molar-refractivity contribution in [2.24, 2.45) is 5.92 Å². The van der Waals surface area contributed by atoms with Crippen molar-refractivity contribution >= 4 is 15.9 Å². The Hall–Kier alpha value is -0.390. The topological polar surface area (TPSA) is 47.3 Å². The predicted molar refractivity (Wildman–Crippen MR) is 68.8 cm³/mol. The maximum atomic E-state index is 10.5. The first-order valence-corrected chi connectivity index (χ1v) is 6.82. The smallest absolute Gasteiger partial charge is 0.102 e. The van der Waals surface area contributed by atoms with Crippen LogP contribution >= 0.6 is 15.9 Å². The molecule has 2 rings (SSSR count). The second-order valence-corrected chi connectivity index (χ2v) is 5.85. The van der Waals surface area contributed by atoms with Crippen LogP contribution in [0.2, 0.25) is 0 Å². The van der Waals surface area contributed by atoms with Crippen LogP contribution < -0.4 is 0 Å². The molecule has 1 N–H and O–H groups in total. The quantitative estimate of drug-likeness (QED) is 0.934. The summed E-state index contributed by atoms with van der Waals surface area (Å²) >= 11 is 3.46. The fraction of sp³-hybridized carbons (Fsp3) is 0.750. The van der Waals surface area contributed by atoms with E-state index in [1.54, 1.807) is 6.20 Å². The summed E-state index contributed by atoms with van der Waals surface area (Å²) in [5.41, 5.74) is 0.864. The number of nitrogens with zero attached hydrogens (tertiary/aromatic N) is 2. The summed E-state index contributed by atoms with van der Waals surface area (Å²) in [5.74, 6) is 0.162. The highest BCUT2D eigenvalue weighted by molar-refractivity contribution is 9.10. The number of aliphatic hydroxyl groups excluding tert-OH is 1. The number of halogens is 1. The number of rotatable bonds is 3. The summed E-state index contributed by atoms with van der Waals surface area (Å²) in [5, 5.41) is 14.8. The van der Waals surface area contributed by atoms with Crippen molar-refractivity contribution < 1.29 is 9.84 Å². The molecule has 3 atom stereocenters. The van der Waals surface area contributed by atoms with E-state index >= 15 is 0 Å². The molecule has 2 heterocycles. The molecule has 17 heavy (non-hydrogen) atoms. The van der Waals surface area contributed by atoms with Gasteiger partial charge in [0.15, 0.2) is 0 Å². The van der Waals surface area contributed by atoms with Gasteiger partial charge in [-0.2, -0.15) is 5.10 Å². The second-order valence-electron chi connectivity index (χ2n) is 5.00. The third-order valence-corrected chi connectivity index (χ3v) is 3.84. The summed E-state index contributed by atoms with van der Waals surface area (Å²) in [7, 11) is 0. The Labute approximate surface area is 110 Å². The highest BCUT2D eigenvalue weighted by Gasteiger charge is 2.32. The van der Waals surface area contributed by atoms with Crippen molar-refractivity contribution in [3.63, 3.8) is 0 Å². The van der Waals surface area contributed by atoms with Crippen LogP contribution in [0.25, 0.3) is 0 Å². The molecule has 3 unspecified atom stereocenters. The van der Waals surface area contributed by atoms with Gasteiger partial charge in [-0.25, -0.2) is 0 Å². The zero-order valence-electron chi connectivity index (χ0n) is 10.4. The summed E-state index contributed by atoms with van der Waals surface area (Å²) in [4.78, 5) is 0. The Balaban J connectivity index is 2.24. The minimum absolute atomic E-state index is 0.162. The maximum Gasteiger partial charge on any atom is 0.102 e. The molecule has 1 saturated heterocycles. The van der Waals surface area contributed by atoms with Gasteiger partial charge in [-0.3, -0.25) is 4.68 Å². The molecule has 0 spiro atoms. The molecule has 96 valence electrons. The van der Waals surface area contributed by atoms with E-state index in [1.165, 1.54) is 0 Å². The Morgan fingerprint density at radius 1 is 1.59 bits per heavy atom. The average Bonchev–Trinajstić information content (AvgIpc) is 2.83. The van der Waals surface area contributed by atoms with Crippen LogP contribution in [-0.2, 0) is 4.74 Å². The molecule has 1 aliphatic rings. The highest BCUT2D eigenvalue weighted by Crippen LogP contribution is 2.35. The number of ether oxygens (including phenoxy) is 1. The van der Waals surface area contributed by atoms with Crippen LogP contribution in [0.15, 0.2) is 10.7 Å². The first-order chi connectivity index (χ1) is 8.00. The van der Waals surface area contributed by atoms with E-state index in [1.807, 2.05) is 11.6 Å². The molecule has 0 aromatic carbocycles. The Kier molecular flexibility index (Phi) is 3.90. The van der Waals surface area contributed by atoms with Gasteiger partial charge in [0, 0.05) is 12.0 Å². The van der Waals surface area contributed by atoms with Gasteiger partial charge < -0.3 is 9.84 Å². The van der Waals surface area contributed by atoms with Crippen molar-refractivity contribution in [2.45, 2.75) is 45.4 Å². The Morgan fingerprint density at radius 3 is 2.82 bits per heavy atom. The molecule has 0 aliphatic carbocycles. The van der Waals surface area contributed by atoms with Crippen LogP contribution in [0.4, 0.5) is 0 Å². The third-order valence-electron chi connectivity index (χ3n) is 3.23. The largest absolute Gasteiger partial charge is 0.386 e. The summed E-state index contributed by atoms with van der Waals surface area (Å²) in [6.07, 6.45) is 2.37. The van der Waals surface area contributed by atoms with E-state index in [9.17, 15) is 5.11 Å². The first kappa shape index (κ1) is 13.1. The lowest BCUT2D eigenvalue weighted by Crippen LogP contribution is -2.19. The van der Waals surface area contributed by atoms with E-state index in [2.05, 4.69) is 34.9 Å². The minimum atomic E-state index is -0.515. The molecule has 0 radical (unpaired) electrons. The lowest BCUT2D eigenvalue weighted by molar-refractivity contribution is 0.0740. The normalized spacial score (nSPS) is 26.7. The fourth-order valence-corrected chi connectivity index (χ4v) is 2.84. The summed E-state index contributed by atoms with van der Waals surface area (Å²) in [6, 6.07) is 0.241. The van der Waals surface area contributed by atoms with Crippen LogP contribution in [0.3, 0.4) is 0 Å². The molecular formula is C12H19BrN2O2. The molecule has 5 heteroatoms. The first-order valence-electron chi connectivity index (χ1n) is 6.03. The van der Waals surface area contributed by atoms with Crippen LogP contribution in [0, 0.1) is 5.92 Å². The van der Waals surface area contributed by atoms with E-state index in [4.69, 9.17) is 4.74 Å². The van der Waals surface area contributed by atoms with Gasteiger partial charge in [0.05, 0.1) is 29.1 Å². The van der Waals surface area contributed by atoms with Gasteiger partial charge >= 0.3 is 0 Å². The van der Waals surface area contributed by atoms with Crippen molar-refractivity contribution in [2.75, 3.05) is 6.61 Å². The SMILES string of the molecule is CC1CC(C(O)c2c(Br)cnn2C(C)C)CO1. The van der Waals surface area contributed by atoms with E-state index < -0.39 is 6.10 Å². The van der Waals surface area contributed by atoms with Gasteiger partial charge in [-0.15, -0.1) is 0 Å². The zero-order chi connectivity index (χ0) is 12.6. The average molecular weight is 303 g/mol. The van der Waals surface area contributed by atoms with Gasteiger partial charge in [0.2, 0.25) is 0 Å². The van der Waals surface area contributed by atoms with Crippen LogP contribution in [0.5, 0.6) is 0 Å². The molecule has 1 aliphatic heterocycles.